The minimum atomic E-state index is -0.546. The van der Waals surface area contributed by atoms with E-state index < -0.39 is 5.41 Å². The largest absolute Gasteiger partial charge is 0.310 e. The summed E-state index contributed by atoms with van der Waals surface area (Å²) in [6, 6.07) is 10.4. The lowest BCUT2D eigenvalue weighted by molar-refractivity contribution is -0.127. The molecule has 1 aromatic heterocycles. The molecule has 0 radical (unpaired) electrons. The van der Waals surface area contributed by atoms with E-state index in [4.69, 9.17) is 4.99 Å². The fourth-order valence-electron chi connectivity index (χ4n) is 6.55. The third kappa shape index (κ3) is 3.53. The van der Waals surface area contributed by atoms with Gasteiger partial charge in [0.05, 0.1) is 5.41 Å². The van der Waals surface area contributed by atoms with Gasteiger partial charge in [0.15, 0.2) is 0 Å². The SMILES string of the molecule is CCC1=NC2(CCCCCC2)N(C/C=C/c2ccc3c(c2)CC2(C3)C(=O)Nc3ncccc32)C1=O. The first-order valence-electron chi connectivity index (χ1n) is 13.0. The summed E-state index contributed by atoms with van der Waals surface area (Å²) in [5.74, 6) is 0.851. The Kier molecular flexibility index (Phi) is 5.35. The summed E-state index contributed by atoms with van der Waals surface area (Å²) in [6.45, 7) is 2.60. The standard InChI is InChI=1S/C29H32N4O2/c1-2-24-26(34)33(29(32-24)13-5-3-4-6-14-29)16-8-9-20-11-12-21-18-28(19-22(21)17-20)23-10-7-15-30-25(23)31-27(28)35/h7-12,15,17H,2-6,13-14,16,18-19H2,1H3,(H,30,31,35)/b9-8+. The first kappa shape index (κ1) is 22.2. The zero-order chi connectivity index (χ0) is 24.0. The molecule has 6 nitrogen and oxygen atoms in total. The van der Waals surface area contributed by atoms with Gasteiger partial charge in [0, 0.05) is 18.3 Å². The number of rotatable bonds is 4. The van der Waals surface area contributed by atoms with E-state index in [0.717, 1.165) is 42.5 Å². The summed E-state index contributed by atoms with van der Waals surface area (Å²) >= 11 is 0. The highest BCUT2D eigenvalue weighted by molar-refractivity contribution is 6.40. The Bertz CT molecular complexity index is 1260. The highest BCUT2D eigenvalue weighted by atomic mass is 16.2. The average Bonchev–Trinajstić information content (AvgIpc) is 3.38. The van der Waals surface area contributed by atoms with Gasteiger partial charge in [0.25, 0.3) is 5.91 Å². The van der Waals surface area contributed by atoms with Gasteiger partial charge < -0.3 is 10.2 Å². The van der Waals surface area contributed by atoms with E-state index in [2.05, 4.69) is 40.7 Å². The molecule has 1 unspecified atom stereocenters. The van der Waals surface area contributed by atoms with Crippen LogP contribution < -0.4 is 5.32 Å². The number of aromatic nitrogens is 1. The van der Waals surface area contributed by atoms with Crippen LogP contribution in [0.5, 0.6) is 0 Å². The molecular formula is C29H32N4O2. The predicted molar refractivity (Wildman–Crippen MR) is 137 cm³/mol. The van der Waals surface area contributed by atoms with Crippen molar-refractivity contribution in [3.05, 3.63) is 64.9 Å². The fraction of sp³-hybridized carbons (Fsp3) is 0.448. The van der Waals surface area contributed by atoms with E-state index in [-0.39, 0.29) is 17.5 Å². The molecule has 1 N–H and O–H groups in total. The Morgan fingerprint density at radius 1 is 1.06 bits per heavy atom. The molecule has 1 fully saturated rings. The quantitative estimate of drug-likeness (QED) is 0.699. The second kappa shape index (κ2) is 8.43. The average molecular weight is 469 g/mol. The zero-order valence-corrected chi connectivity index (χ0v) is 20.3. The number of hydrogen-bond acceptors (Lipinski definition) is 4. The maximum atomic E-state index is 13.1. The molecule has 2 amide bonds. The topological polar surface area (TPSA) is 74.7 Å². The number of pyridine rings is 1. The molecule has 2 spiro atoms. The molecule has 2 aromatic rings. The number of hydrogen-bond donors (Lipinski definition) is 1. The summed E-state index contributed by atoms with van der Waals surface area (Å²) in [5, 5.41) is 2.98. The van der Waals surface area contributed by atoms with Gasteiger partial charge >= 0.3 is 0 Å². The molecule has 6 heteroatoms. The number of nitrogens with zero attached hydrogens (tertiary/aromatic N) is 3. The van der Waals surface area contributed by atoms with Crippen molar-refractivity contribution >= 4 is 29.4 Å². The van der Waals surface area contributed by atoms with Crippen LogP contribution in [0.4, 0.5) is 5.82 Å². The van der Waals surface area contributed by atoms with Gasteiger partial charge in [-0.25, -0.2) is 4.98 Å². The van der Waals surface area contributed by atoms with E-state index in [9.17, 15) is 9.59 Å². The first-order valence-corrected chi connectivity index (χ1v) is 13.0. The molecule has 1 atom stereocenters. The Balaban J connectivity index is 1.21. The van der Waals surface area contributed by atoms with Gasteiger partial charge in [-0.15, -0.1) is 0 Å². The van der Waals surface area contributed by atoms with Crippen LogP contribution in [0.15, 0.2) is 47.6 Å². The van der Waals surface area contributed by atoms with Gasteiger partial charge in [-0.2, -0.15) is 0 Å². The van der Waals surface area contributed by atoms with Crippen molar-refractivity contribution in [2.75, 3.05) is 11.9 Å². The molecule has 6 rings (SSSR count). The molecule has 180 valence electrons. The van der Waals surface area contributed by atoms with Crippen LogP contribution in [-0.4, -0.2) is 39.6 Å². The maximum Gasteiger partial charge on any atom is 0.270 e. The Hall–Kier alpha value is -3.28. The van der Waals surface area contributed by atoms with E-state index >= 15 is 0 Å². The van der Waals surface area contributed by atoms with Crippen LogP contribution in [0.25, 0.3) is 6.08 Å². The minimum absolute atomic E-state index is 0.0486. The number of aliphatic imine (C=N–C) groups is 1. The summed E-state index contributed by atoms with van der Waals surface area (Å²) in [5.41, 5.74) is 4.39. The third-order valence-corrected chi connectivity index (χ3v) is 8.38. The van der Waals surface area contributed by atoms with Crippen molar-refractivity contribution in [1.82, 2.24) is 9.88 Å². The van der Waals surface area contributed by atoms with Gasteiger partial charge in [0.1, 0.15) is 17.2 Å². The monoisotopic (exact) mass is 468 g/mol. The first-order chi connectivity index (χ1) is 17.0. The van der Waals surface area contributed by atoms with Crippen molar-refractivity contribution in [3.8, 4) is 0 Å². The number of anilines is 1. The molecule has 2 aliphatic carbocycles. The van der Waals surface area contributed by atoms with Crippen molar-refractivity contribution in [1.29, 1.82) is 0 Å². The fourth-order valence-corrected chi connectivity index (χ4v) is 6.55. The van der Waals surface area contributed by atoms with E-state index in [1.54, 1.807) is 6.20 Å². The predicted octanol–water partition coefficient (Wildman–Crippen LogP) is 4.83. The molecule has 35 heavy (non-hydrogen) atoms. The lowest BCUT2D eigenvalue weighted by atomic mass is 9.79. The minimum Gasteiger partial charge on any atom is -0.310 e. The normalized spacial score (nSPS) is 24.7. The van der Waals surface area contributed by atoms with Crippen LogP contribution in [0, 0.1) is 0 Å². The van der Waals surface area contributed by atoms with Crippen LogP contribution in [0.2, 0.25) is 0 Å². The molecule has 3 heterocycles. The number of nitrogens with one attached hydrogen (secondary N) is 1. The maximum absolute atomic E-state index is 13.1. The van der Waals surface area contributed by atoms with E-state index in [0.29, 0.717) is 31.6 Å². The lowest BCUT2D eigenvalue weighted by Gasteiger charge is -2.35. The molecule has 4 aliphatic rings. The third-order valence-electron chi connectivity index (χ3n) is 8.38. The number of fused-ring (bicyclic) bond motifs is 3. The summed E-state index contributed by atoms with van der Waals surface area (Å²) in [4.78, 5) is 37.4. The Labute approximate surface area is 206 Å². The highest BCUT2D eigenvalue weighted by Crippen LogP contribution is 2.46. The summed E-state index contributed by atoms with van der Waals surface area (Å²) in [7, 11) is 0. The molecule has 1 aromatic carbocycles. The van der Waals surface area contributed by atoms with Crippen molar-refractivity contribution in [3.63, 3.8) is 0 Å². The molecule has 2 aliphatic heterocycles. The number of carbonyl (C=O) groups excluding carboxylic acids is 2. The van der Waals surface area contributed by atoms with Crippen molar-refractivity contribution < 1.29 is 9.59 Å². The number of benzene rings is 1. The molecule has 0 saturated heterocycles. The van der Waals surface area contributed by atoms with E-state index in [1.165, 1.54) is 24.0 Å². The van der Waals surface area contributed by atoms with Crippen LogP contribution >= 0.6 is 0 Å². The van der Waals surface area contributed by atoms with Gasteiger partial charge in [-0.05, 0) is 67.7 Å². The van der Waals surface area contributed by atoms with Gasteiger partial charge in [0.2, 0.25) is 5.91 Å². The summed E-state index contributed by atoms with van der Waals surface area (Å²) < 4.78 is 0. The van der Waals surface area contributed by atoms with Gasteiger partial charge in [-0.3, -0.25) is 14.6 Å². The van der Waals surface area contributed by atoms with E-state index in [1.807, 2.05) is 24.0 Å². The highest BCUT2D eigenvalue weighted by Gasteiger charge is 2.51. The van der Waals surface area contributed by atoms with Gasteiger partial charge in [-0.1, -0.05) is 56.2 Å². The Morgan fingerprint density at radius 2 is 1.86 bits per heavy atom. The van der Waals surface area contributed by atoms with Crippen molar-refractivity contribution in [2.45, 2.75) is 75.8 Å². The van der Waals surface area contributed by atoms with Crippen LogP contribution in [0.3, 0.4) is 0 Å². The lowest BCUT2D eigenvalue weighted by Crippen LogP contribution is -2.46. The molecular weight excluding hydrogens is 436 g/mol. The Morgan fingerprint density at radius 3 is 2.66 bits per heavy atom. The van der Waals surface area contributed by atoms with Crippen LogP contribution in [-0.2, 0) is 27.8 Å². The number of carbonyl (C=O) groups is 2. The summed E-state index contributed by atoms with van der Waals surface area (Å²) in [6.07, 6.45) is 14.7. The second-order valence-electron chi connectivity index (χ2n) is 10.4. The molecule has 1 saturated carbocycles. The zero-order valence-electron chi connectivity index (χ0n) is 20.3. The second-order valence-corrected chi connectivity index (χ2v) is 10.4. The smallest absolute Gasteiger partial charge is 0.270 e. The molecule has 0 bridgehead atoms. The number of amides is 2. The van der Waals surface area contributed by atoms with Crippen LogP contribution in [0.1, 0.15) is 74.1 Å². The van der Waals surface area contributed by atoms with Crippen molar-refractivity contribution in [2.24, 2.45) is 4.99 Å².